The highest BCUT2D eigenvalue weighted by Gasteiger charge is 2.27. The molecule has 6 aromatic rings. The average Bonchev–Trinajstić information content (AvgIpc) is 1.00. The molecule has 0 bridgehead atoms. The molecule has 0 aliphatic heterocycles. The van der Waals surface area contributed by atoms with Gasteiger partial charge in [0, 0.05) is 22.5 Å². The summed E-state index contributed by atoms with van der Waals surface area (Å²) < 4.78 is 205. The minimum Gasteiger partial charge on any atom is -0.493 e. The summed E-state index contributed by atoms with van der Waals surface area (Å²) in [7, 11) is -30.7. The molecule has 0 aliphatic carbocycles. The number of aliphatic hydroxyl groups is 2. The van der Waals surface area contributed by atoms with E-state index in [1.165, 1.54) is 0 Å². The van der Waals surface area contributed by atoms with Crippen LogP contribution in [0.1, 0.15) is 0 Å². The monoisotopic (exact) mass is 1310 g/mol. The quantitative estimate of drug-likeness (QED) is 0.0126. The first-order valence-corrected chi connectivity index (χ1v) is 30.7. The first-order valence-electron chi connectivity index (χ1n) is 22.1. The Balaban J connectivity index is 1.30. The highest BCUT2D eigenvalue weighted by Crippen LogP contribution is 2.39. The number of aliphatic carboxylic acids is 2. The Kier molecular flexibility index (Phi) is 19.1. The summed E-state index contributed by atoms with van der Waals surface area (Å²) in [5, 5.41) is 89.2. The zero-order chi connectivity index (χ0) is 64.1. The fourth-order valence-corrected chi connectivity index (χ4v) is 10.3. The van der Waals surface area contributed by atoms with Crippen LogP contribution in [0.3, 0.4) is 0 Å². The van der Waals surface area contributed by atoms with Gasteiger partial charge in [0.25, 0.3) is 60.7 Å². The van der Waals surface area contributed by atoms with Gasteiger partial charge in [-0.3, -0.25) is 38.1 Å². The van der Waals surface area contributed by atoms with Crippen LogP contribution in [-0.2, 0) is 70.3 Å². The SMILES string of the molecule is N=C(C(=O)O)/C(N=Nc1ccc(N=Nc2ccc(-c3ccc(N=Nc4ccc(N=N/C(C(=N)C(=O)O)=C(\O)Nc5ccc(S(=O)(=O)O)cc5)c(S(=O)(=O)O)c4)cc3S(=O)(=O)O)c(S(=O)(=O)O)c2)cc1S(=O)(=O)O)=C(/O)Nc1ccc(S(=O)(=O)O)cc1. The normalized spacial score (nSPS) is 13.4. The number of hydrogen-bond acceptors (Lipinski definition) is 28. The van der Waals surface area contributed by atoms with Gasteiger partial charge in [-0.25, -0.2) is 9.59 Å². The molecule has 6 rings (SSSR count). The van der Waals surface area contributed by atoms with E-state index in [1.54, 1.807) is 0 Å². The molecule has 6 aromatic carbocycles. The van der Waals surface area contributed by atoms with Gasteiger partial charge in [0.1, 0.15) is 31.0 Å². The first-order chi connectivity index (χ1) is 39.7. The van der Waals surface area contributed by atoms with Crippen LogP contribution in [0.4, 0.5) is 45.5 Å². The number of aliphatic hydroxyl groups excluding tert-OH is 2. The summed E-state index contributed by atoms with van der Waals surface area (Å²) in [6.07, 6.45) is 0. The molecule has 0 amide bonds. The Morgan fingerprint density at radius 3 is 0.872 bits per heavy atom. The van der Waals surface area contributed by atoms with Gasteiger partial charge < -0.3 is 31.1 Å². The lowest BCUT2D eigenvalue weighted by Crippen LogP contribution is -2.17. The molecule has 0 spiro atoms. The Morgan fingerprint density at radius 1 is 0.349 bits per heavy atom. The minimum atomic E-state index is -5.38. The topological polar surface area (TPSA) is 612 Å². The molecule has 42 heteroatoms. The molecular weight excluding hydrogens is 1270 g/mol. The maximum Gasteiger partial charge on any atom is 0.356 e. The second kappa shape index (κ2) is 25.2. The molecule has 0 aromatic heterocycles. The van der Waals surface area contributed by atoms with Crippen LogP contribution in [-0.4, -0.2) is 122 Å². The van der Waals surface area contributed by atoms with Crippen LogP contribution in [0.15, 0.2) is 215 Å². The molecule has 0 aliphatic rings. The standard InChI is InChI=1S/C44H34N12O24S6/c45-37(43(59)60)39(41(57)47-21-1-9-27(10-2-21)81(63,64)65)55-53-31-15-7-25(19-35(31)85(75,76)77)51-49-23-5-13-29(33(17-23)83(69,70)71)30-14-6-24(18-34(30)84(72,73)74)50-52-26-8-16-32(36(20-26)86(78,79)80)54-56-40(38(46)44(61)62)42(58)48-22-3-11-28(12-4-22)82(66,67)68/h1-20,45-48,57-58H,(H,59,60)(H,61,62)(H,63,64,65)(H,66,67,68)(H,69,70,71)(H,72,73,74)(H,75,76,77)(H,78,79,80)/b41-39-,42-40-,45-37?,46-38?,51-49?,52-50?,55-53?,56-54?. The van der Waals surface area contributed by atoms with Gasteiger partial charge in [0.2, 0.25) is 11.8 Å². The number of anilines is 2. The number of azo groups is 4. The van der Waals surface area contributed by atoms with Crippen molar-refractivity contribution in [3.05, 3.63) is 144 Å². The van der Waals surface area contributed by atoms with Crippen molar-refractivity contribution in [2.45, 2.75) is 29.4 Å². The van der Waals surface area contributed by atoms with Gasteiger partial charge in [0.05, 0.1) is 32.5 Å². The molecule has 0 radical (unpaired) electrons. The fourth-order valence-electron chi connectivity index (χ4n) is 6.61. The van der Waals surface area contributed by atoms with E-state index in [0.717, 1.165) is 97.1 Å². The van der Waals surface area contributed by atoms with E-state index in [2.05, 4.69) is 51.5 Å². The van der Waals surface area contributed by atoms with Crippen LogP contribution in [0.5, 0.6) is 0 Å². The Labute approximate surface area is 482 Å². The Hall–Kier alpha value is -9.86. The van der Waals surface area contributed by atoms with E-state index >= 15 is 0 Å². The molecule has 0 saturated heterocycles. The molecule has 0 saturated carbocycles. The van der Waals surface area contributed by atoms with Crippen LogP contribution < -0.4 is 10.6 Å². The predicted octanol–water partition coefficient (Wildman–Crippen LogP) is 7.72. The largest absolute Gasteiger partial charge is 0.493 e. The van der Waals surface area contributed by atoms with Crippen molar-refractivity contribution in [2.75, 3.05) is 10.6 Å². The van der Waals surface area contributed by atoms with E-state index in [9.17, 15) is 108 Å². The fraction of sp³-hybridized carbons (Fsp3) is 0. The molecule has 0 atom stereocenters. The number of nitrogens with one attached hydrogen (secondary N) is 4. The number of carboxylic acids is 2. The summed E-state index contributed by atoms with van der Waals surface area (Å²) >= 11 is 0. The molecule has 14 N–H and O–H groups in total. The van der Waals surface area contributed by atoms with Crippen molar-refractivity contribution in [3.63, 3.8) is 0 Å². The lowest BCUT2D eigenvalue weighted by molar-refractivity contribution is -0.130. The van der Waals surface area contributed by atoms with Crippen molar-refractivity contribution in [1.29, 1.82) is 10.8 Å². The summed E-state index contributed by atoms with van der Waals surface area (Å²) in [5.74, 6) is -6.37. The van der Waals surface area contributed by atoms with Gasteiger partial charge in [0.15, 0.2) is 22.8 Å². The summed E-state index contributed by atoms with van der Waals surface area (Å²) in [6.45, 7) is 0. The summed E-state index contributed by atoms with van der Waals surface area (Å²) in [6, 6.07) is 17.3. The van der Waals surface area contributed by atoms with Gasteiger partial charge in [-0.05, 0) is 109 Å². The molecular formula is C44H34N12O24S6. The lowest BCUT2D eigenvalue weighted by atomic mass is 10.0. The highest BCUT2D eigenvalue weighted by atomic mass is 32.2. The minimum absolute atomic E-state index is 0.147. The Morgan fingerprint density at radius 2 is 0.616 bits per heavy atom. The van der Waals surface area contributed by atoms with Crippen molar-refractivity contribution < 1.29 is 108 Å². The van der Waals surface area contributed by atoms with Crippen molar-refractivity contribution in [3.8, 4) is 11.1 Å². The molecule has 36 nitrogen and oxygen atoms in total. The number of carboxylic acid groups (broad SMARTS) is 2. The third-order valence-electron chi connectivity index (χ3n) is 10.5. The summed E-state index contributed by atoms with van der Waals surface area (Å²) in [4.78, 5) is 17.8. The third-order valence-corrected chi connectivity index (χ3v) is 15.8. The number of rotatable bonds is 23. The van der Waals surface area contributed by atoms with E-state index in [0.29, 0.717) is 24.3 Å². The second-order valence-corrected chi connectivity index (χ2v) is 24.8. The van der Waals surface area contributed by atoms with Gasteiger partial charge in [-0.15, -0.1) is 20.5 Å². The molecule has 450 valence electrons. The Bertz CT molecular complexity index is 4450. The van der Waals surface area contributed by atoms with Crippen LogP contribution in [0, 0.1) is 10.8 Å². The maximum absolute atomic E-state index is 12.8. The zero-order valence-corrected chi connectivity index (χ0v) is 46.7. The van der Waals surface area contributed by atoms with E-state index < -0.39 is 182 Å². The van der Waals surface area contributed by atoms with Gasteiger partial charge in [-0.1, -0.05) is 12.1 Å². The third kappa shape index (κ3) is 16.7. The summed E-state index contributed by atoms with van der Waals surface area (Å²) in [5.41, 5.74) is -10.0. The number of hydrogen-bond donors (Lipinski definition) is 14. The smallest absolute Gasteiger partial charge is 0.356 e. The van der Waals surface area contributed by atoms with Crippen molar-refractivity contribution in [1.82, 2.24) is 0 Å². The number of nitrogens with zero attached hydrogens (tertiary/aromatic N) is 8. The van der Waals surface area contributed by atoms with E-state index in [1.807, 2.05) is 0 Å². The number of benzene rings is 6. The average molecular weight is 1310 g/mol. The van der Waals surface area contributed by atoms with Crippen LogP contribution in [0.2, 0.25) is 0 Å². The van der Waals surface area contributed by atoms with Crippen LogP contribution >= 0.6 is 0 Å². The lowest BCUT2D eigenvalue weighted by Gasteiger charge is -2.12. The highest BCUT2D eigenvalue weighted by molar-refractivity contribution is 7.87. The number of carbonyl (C=O) groups is 2. The van der Waals surface area contributed by atoms with Crippen LogP contribution in [0.25, 0.3) is 11.1 Å². The van der Waals surface area contributed by atoms with Crippen molar-refractivity contribution >= 4 is 130 Å². The predicted molar refractivity (Wildman–Crippen MR) is 291 cm³/mol. The van der Waals surface area contributed by atoms with E-state index in [4.69, 9.17) is 10.8 Å². The second-order valence-electron chi connectivity index (χ2n) is 16.4. The van der Waals surface area contributed by atoms with Crippen molar-refractivity contribution in [2.24, 2.45) is 40.9 Å². The maximum atomic E-state index is 12.8. The van der Waals surface area contributed by atoms with Gasteiger partial charge in [-0.2, -0.15) is 71.0 Å². The molecule has 0 heterocycles. The molecule has 0 fully saturated rings. The van der Waals surface area contributed by atoms with E-state index in [-0.39, 0.29) is 11.4 Å². The first kappa shape index (κ1) is 65.3. The molecule has 86 heavy (non-hydrogen) atoms. The molecule has 0 unspecified atom stereocenters. The zero-order valence-electron chi connectivity index (χ0n) is 41.8. The van der Waals surface area contributed by atoms with Gasteiger partial charge >= 0.3 is 11.9 Å².